The lowest BCUT2D eigenvalue weighted by atomic mass is 10.2. The fourth-order valence-electron chi connectivity index (χ4n) is 1.84. The van der Waals surface area contributed by atoms with Crippen molar-refractivity contribution in [2.24, 2.45) is 0 Å². The summed E-state index contributed by atoms with van der Waals surface area (Å²) in [6.45, 7) is 1.50. The maximum absolute atomic E-state index is 12.1. The first-order chi connectivity index (χ1) is 12.3. The highest BCUT2D eigenvalue weighted by atomic mass is 32.2. The maximum Gasteiger partial charge on any atom is 0.273 e. The van der Waals surface area contributed by atoms with Gasteiger partial charge in [-0.2, -0.15) is 0 Å². The Morgan fingerprint density at radius 2 is 1.88 bits per heavy atom. The van der Waals surface area contributed by atoms with Gasteiger partial charge in [-0.05, 0) is 30.5 Å². The summed E-state index contributed by atoms with van der Waals surface area (Å²) in [7, 11) is -4.13. The van der Waals surface area contributed by atoms with Gasteiger partial charge in [-0.15, -0.1) is 4.83 Å². The van der Waals surface area contributed by atoms with Gasteiger partial charge < -0.3 is 0 Å². The lowest BCUT2D eigenvalue weighted by Crippen LogP contribution is -2.40. The smallest absolute Gasteiger partial charge is 0.273 e. The molecule has 2 aromatic carbocycles. The molecule has 0 spiro atoms. The van der Waals surface area contributed by atoms with E-state index in [0.29, 0.717) is 5.56 Å². The molecule has 0 aliphatic heterocycles. The zero-order chi connectivity index (χ0) is 19.2. The highest BCUT2D eigenvalue weighted by Crippen LogP contribution is 2.22. The summed E-state index contributed by atoms with van der Waals surface area (Å²) in [5, 5.41) is 12.4. The van der Waals surface area contributed by atoms with E-state index in [1.54, 1.807) is 0 Å². The second kappa shape index (κ2) is 8.61. The summed E-state index contributed by atoms with van der Waals surface area (Å²) in [6.07, 6.45) is 1.16. The van der Waals surface area contributed by atoms with E-state index in [2.05, 4.69) is 0 Å². The molecule has 0 fully saturated rings. The summed E-state index contributed by atoms with van der Waals surface area (Å²) in [5.41, 5.74) is 2.04. The van der Waals surface area contributed by atoms with Gasteiger partial charge in [0.05, 0.1) is 9.82 Å². The van der Waals surface area contributed by atoms with Gasteiger partial charge >= 0.3 is 0 Å². The number of hydrogen-bond acceptors (Lipinski definition) is 6. The van der Waals surface area contributed by atoms with Gasteiger partial charge in [0.15, 0.2) is 0 Å². The van der Waals surface area contributed by atoms with Crippen LogP contribution in [0.3, 0.4) is 0 Å². The molecule has 10 heteroatoms. The molecule has 0 atom stereocenters. The van der Waals surface area contributed by atoms with Crippen LogP contribution in [0.5, 0.6) is 0 Å². The van der Waals surface area contributed by atoms with E-state index in [4.69, 9.17) is 0 Å². The molecule has 0 saturated carbocycles. The molecule has 2 rings (SSSR count). The van der Waals surface area contributed by atoms with Gasteiger partial charge in [-0.25, -0.2) is 8.42 Å². The van der Waals surface area contributed by atoms with Gasteiger partial charge in [0, 0.05) is 22.6 Å². The molecule has 0 aliphatic carbocycles. The Balaban J connectivity index is 1.98. The number of benzene rings is 2. The Labute approximate surface area is 154 Å². The number of nitro benzene ring substituents is 1. The molecule has 0 saturated heterocycles. The third-order valence-corrected chi connectivity index (χ3v) is 5.22. The minimum absolute atomic E-state index is 0.321. The van der Waals surface area contributed by atoms with Crippen molar-refractivity contribution in [2.45, 2.75) is 16.7 Å². The topological polar surface area (TPSA) is 118 Å². The van der Waals surface area contributed by atoms with E-state index in [0.717, 1.165) is 17.0 Å². The van der Waals surface area contributed by atoms with Gasteiger partial charge in [0.25, 0.3) is 21.6 Å². The Kier molecular flexibility index (Phi) is 6.50. The number of carbonyl (C=O) groups excluding carboxylic acids is 1. The zero-order valence-corrected chi connectivity index (χ0v) is 15.2. The molecule has 136 valence electrons. The fourth-order valence-corrected chi connectivity index (χ4v) is 3.37. The monoisotopic (exact) mass is 393 g/mol. The van der Waals surface area contributed by atoms with Crippen molar-refractivity contribution in [1.82, 2.24) is 10.3 Å². The third-order valence-electron chi connectivity index (χ3n) is 3.16. The van der Waals surface area contributed by atoms with Crippen LogP contribution in [0.2, 0.25) is 0 Å². The molecule has 2 N–H and O–H groups in total. The minimum Gasteiger partial charge on any atom is -0.274 e. The SMILES string of the molecule is Cc1ccc(S(=O)(=O)NNC(=O)/C=C/Sc2ccccc2)cc1[N+](=O)[O-]. The Bertz CT molecular complexity index is 944. The largest absolute Gasteiger partial charge is 0.274 e. The van der Waals surface area contributed by atoms with Crippen LogP contribution in [-0.2, 0) is 14.8 Å². The molecule has 1 amide bonds. The van der Waals surface area contributed by atoms with Crippen LogP contribution in [0.15, 0.2) is 69.8 Å². The first kappa shape index (κ1) is 19.6. The summed E-state index contributed by atoms with van der Waals surface area (Å²) < 4.78 is 24.3. The molecule has 0 unspecified atom stereocenters. The number of sulfonamides is 1. The first-order valence-electron chi connectivity index (χ1n) is 7.25. The lowest BCUT2D eigenvalue weighted by Gasteiger charge is -2.07. The number of aryl methyl sites for hydroxylation is 1. The van der Waals surface area contributed by atoms with E-state index in [1.165, 1.54) is 36.2 Å². The van der Waals surface area contributed by atoms with Gasteiger partial charge in [0.2, 0.25) is 0 Å². The molecule has 8 nitrogen and oxygen atoms in total. The van der Waals surface area contributed by atoms with Gasteiger partial charge in [0.1, 0.15) is 0 Å². The first-order valence-corrected chi connectivity index (χ1v) is 9.61. The number of hydrogen-bond donors (Lipinski definition) is 2. The highest BCUT2D eigenvalue weighted by molar-refractivity contribution is 8.02. The van der Waals surface area contributed by atoms with Crippen molar-refractivity contribution in [3.05, 3.63) is 75.7 Å². The number of hydrazine groups is 1. The number of nitrogens with zero attached hydrogens (tertiary/aromatic N) is 1. The highest BCUT2D eigenvalue weighted by Gasteiger charge is 2.20. The number of nitro groups is 1. The quantitative estimate of drug-likeness (QED) is 0.323. The Hall–Kier alpha value is -2.69. The van der Waals surface area contributed by atoms with Gasteiger partial charge in [-0.3, -0.25) is 20.3 Å². The van der Waals surface area contributed by atoms with Crippen LogP contribution in [0.1, 0.15) is 5.56 Å². The summed E-state index contributed by atoms with van der Waals surface area (Å²) in [4.78, 5) is 24.4. The normalized spacial score (nSPS) is 11.4. The van der Waals surface area contributed by atoms with Crippen LogP contribution >= 0.6 is 11.8 Å². The summed E-state index contributed by atoms with van der Waals surface area (Å²) >= 11 is 1.29. The zero-order valence-electron chi connectivity index (χ0n) is 13.6. The number of thioether (sulfide) groups is 1. The van der Waals surface area contributed by atoms with E-state index < -0.39 is 20.9 Å². The molecule has 0 radical (unpaired) electrons. The second-order valence-corrected chi connectivity index (χ2v) is 7.70. The van der Waals surface area contributed by atoms with E-state index in [1.807, 2.05) is 40.6 Å². The van der Waals surface area contributed by atoms with Crippen LogP contribution in [0.25, 0.3) is 0 Å². The summed E-state index contributed by atoms with van der Waals surface area (Å²) in [5.74, 6) is -0.682. The number of carbonyl (C=O) groups is 1. The minimum atomic E-state index is -4.13. The predicted octanol–water partition coefficient (Wildman–Crippen LogP) is 2.52. The standard InChI is InChI=1S/C16H15N3O5S2/c1-12-7-8-14(11-15(12)19(21)22)26(23,24)18-17-16(20)9-10-25-13-5-3-2-4-6-13/h2-11,18H,1H3,(H,17,20)/b10-9+. The molecular formula is C16H15N3O5S2. The van der Waals surface area contributed by atoms with Crippen molar-refractivity contribution in [2.75, 3.05) is 0 Å². The van der Waals surface area contributed by atoms with Crippen molar-refractivity contribution >= 4 is 33.4 Å². The van der Waals surface area contributed by atoms with E-state index in [9.17, 15) is 23.3 Å². The molecule has 0 heterocycles. The molecule has 0 aromatic heterocycles. The molecule has 26 heavy (non-hydrogen) atoms. The molecule has 2 aromatic rings. The van der Waals surface area contributed by atoms with Gasteiger partial charge in [-0.1, -0.05) is 36.0 Å². The van der Waals surface area contributed by atoms with Crippen LogP contribution < -0.4 is 10.3 Å². The average molecular weight is 393 g/mol. The van der Waals surface area contributed by atoms with Crippen molar-refractivity contribution in [3.63, 3.8) is 0 Å². The van der Waals surface area contributed by atoms with E-state index in [-0.39, 0.29) is 10.6 Å². The lowest BCUT2D eigenvalue weighted by molar-refractivity contribution is -0.385. The summed E-state index contributed by atoms with van der Waals surface area (Å²) in [6, 6.07) is 12.8. The predicted molar refractivity (Wildman–Crippen MR) is 97.7 cm³/mol. The van der Waals surface area contributed by atoms with Crippen LogP contribution in [0.4, 0.5) is 5.69 Å². The Morgan fingerprint density at radius 1 is 1.19 bits per heavy atom. The molecule has 0 bridgehead atoms. The molecular weight excluding hydrogens is 378 g/mol. The second-order valence-electron chi connectivity index (χ2n) is 5.03. The van der Waals surface area contributed by atoms with E-state index >= 15 is 0 Å². The van der Waals surface area contributed by atoms with Crippen LogP contribution in [0, 0.1) is 17.0 Å². The van der Waals surface area contributed by atoms with Crippen molar-refractivity contribution in [3.8, 4) is 0 Å². The number of amides is 1. The maximum atomic E-state index is 12.1. The average Bonchev–Trinajstić information content (AvgIpc) is 2.61. The molecule has 0 aliphatic rings. The fraction of sp³-hybridized carbons (Fsp3) is 0.0625. The Morgan fingerprint density at radius 3 is 2.54 bits per heavy atom. The van der Waals surface area contributed by atoms with Crippen molar-refractivity contribution < 1.29 is 18.1 Å². The van der Waals surface area contributed by atoms with Crippen LogP contribution in [-0.4, -0.2) is 19.2 Å². The third kappa shape index (κ3) is 5.41. The number of rotatable bonds is 7. The number of nitrogens with one attached hydrogen (secondary N) is 2. The van der Waals surface area contributed by atoms with Crippen molar-refractivity contribution in [1.29, 1.82) is 0 Å².